The highest BCUT2D eigenvalue weighted by molar-refractivity contribution is 6.30. The van der Waals surface area contributed by atoms with Gasteiger partial charge < -0.3 is 10.1 Å². The summed E-state index contributed by atoms with van der Waals surface area (Å²) in [7, 11) is 0. The third-order valence-electron chi connectivity index (χ3n) is 2.76. The smallest absolute Gasteiger partial charge is 0.184 e. The lowest BCUT2D eigenvalue weighted by Gasteiger charge is -2.13. The van der Waals surface area contributed by atoms with Crippen molar-refractivity contribution in [2.24, 2.45) is 0 Å². The van der Waals surface area contributed by atoms with E-state index in [4.69, 9.17) is 16.3 Å². The first kappa shape index (κ1) is 14.8. The van der Waals surface area contributed by atoms with E-state index in [9.17, 15) is 8.78 Å². The third kappa shape index (κ3) is 3.26. The summed E-state index contributed by atoms with van der Waals surface area (Å²) in [6, 6.07) is 8.90. The summed E-state index contributed by atoms with van der Waals surface area (Å²) < 4.78 is 33.1. The number of hydrogen-bond donors (Lipinski definition) is 1. The molecule has 0 fully saturated rings. The molecule has 0 aliphatic rings. The molecular weight excluding hydrogens is 284 g/mol. The van der Waals surface area contributed by atoms with Gasteiger partial charge in [-0.25, -0.2) is 8.78 Å². The minimum Gasteiger partial charge on any atom is -0.454 e. The molecule has 106 valence electrons. The van der Waals surface area contributed by atoms with Gasteiger partial charge in [0, 0.05) is 12.1 Å². The van der Waals surface area contributed by atoms with Crippen LogP contribution in [0.5, 0.6) is 11.5 Å². The number of nitrogens with one attached hydrogen (secondary N) is 1. The Balaban J connectivity index is 2.33. The van der Waals surface area contributed by atoms with Crippen molar-refractivity contribution < 1.29 is 13.5 Å². The molecule has 0 saturated carbocycles. The second-order valence-electron chi connectivity index (χ2n) is 4.15. The summed E-state index contributed by atoms with van der Waals surface area (Å²) >= 11 is 5.69. The molecule has 0 unspecified atom stereocenters. The van der Waals surface area contributed by atoms with Gasteiger partial charge in [-0.15, -0.1) is 0 Å². The van der Waals surface area contributed by atoms with Gasteiger partial charge in [-0.1, -0.05) is 30.7 Å². The number of ether oxygens (including phenoxy) is 1. The number of halogens is 3. The van der Waals surface area contributed by atoms with Crippen LogP contribution in [0.1, 0.15) is 12.5 Å². The lowest BCUT2D eigenvalue weighted by Crippen LogP contribution is -2.13. The molecule has 2 aromatic rings. The molecule has 0 amide bonds. The minimum absolute atomic E-state index is 0.0270. The highest BCUT2D eigenvalue weighted by Crippen LogP contribution is 2.31. The first-order chi connectivity index (χ1) is 9.63. The van der Waals surface area contributed by atoms with Crippen LogP contribution in [-0.4, -0.2) is 6.54 Å². The van der Waals surface area contributed by atoms with Crippen LogP contribution in [0.25, 0.3) is 0 Å². The molecule has 2 rings (SSSR count). The third-order valence-corrected chi connectivity index (χ3v) is 3.06. The average molecular weight is 298 g/mol. The molecule has 2 nitrogen and oxygen atoms in total. The van der Waals surface area contributed by atoms with Gasteiger partial charge in [-0.05, 0) is 30.8 Å². The second-order valence-corrected chi connectivity index (χ2v) is 4.56. The van der Waals surface area contributed by atoms with Crippen molar-refractivity contribution in [2.75, 3.05) is 6.54 Å². The second kappa shape index (κ2) is 6.68. The maximum Gasteiger partial charge on any atom is 0.184 e. The van der Waals surface area contributed by atoms with Gasteiger partial charge in [0.1, 0.15) is 11.6 Å². The molecule has 0 heterocycles. The topological polar surface area (TPSA) is 21.3 Å². The standard InChI is InChI=1S/C15H14ClF2NO/c1-2-19-9-10-12(17)6-4-7-13(10)20-14-8-3-5-11(16)15(14)18/h3-8,19H,2,9H2,1H3. The maximum atomic E-state index is 13.8. The predicted molar refractivity (Wildman–Crippen MR) is 75.3 cm³/mol. The van der Waals surface area contributed by atoms with Crippen LogP contribution >= 0.6 is 11.6 Å². The Morgan fingerprint density at radius 2 is 1.80 bits per heavy atom. The Bertz CT molecular complexity index is 604. The molecule has 0 aromatic heterocycles. The maximum absolute atomic E-state index is 13.8. The van der Waals surface area contributed by atoms with Crippen molar-refractivity contribution in [3.05, 3.63) is 58.6 Å². The zero-order valence-electron chi connectivity index (χ0n) is 10.9. The van der Waals surface area contributed by atoms with Crippen LogP contribution in [0.15, 0.2) is 36.4 Å². The zero-order valence-corrected chi connectivity index (χ0v) is 11.7. The van der Waals surface area contributed by atoms with E-state index in [0.29, 0.717) is 18.7 Å². The van der Waals surface area contributed by atoms with Crippen LogP contribution in [0.2, 0.25) is 5.02 Å². The first-order valence-electron chi connectivity index (χ1n) is 6.23. The normalized spacial score (nSPS) is 10.6. The van der Waals surface area contributed by atoms with Gasteiger partial charge in [0.25, 0.3) is 0 Å². The molecule has 1 N–H and O–H groups in total. The predicted octanol–water partition coefficient (Wildman–Crippen LogP) is 4.52. The van der Waals surface area contributed by atoms with E-state index in [0.717, 1.165) is 0 Å². The molecule has 0 radical (unpaired) electrons. The van der Waals surface area contributed by atoms with Gasteiger partial charge in [-0.3, -0.25) is 0 Å². The molecule has 0 spiro atoms. The lowest BCUT2D eigenvalue weighted by molar-refractivity contribution is 0.430. The van der Waals surface area contributed by atoms with Gasteiger partial charge in [0.15, 0.2) is 11.6 Å². The summed E-state index contributed by atoms with van der Waals surface area (Å²) in [4.78, 5) is 0. The molecule has 0 aliphatic carbocycles. The largest absolute Gasteiger partial charge is 0.454 e. The Kier molecular flexibility index (Phi) is 4.93. The van der Waals surface area contributed by atoms with Crippen molar-refractivity contribution in [3.63, 3.8) is 0 Å². The van der Waals surface area contributed by atoms with E-state index in [-0.39, 0.29) is 16.5 Å². The fourth-order valence-electron chi connectivity index (χ4n) is 1.74. The Morgan fingerprint density at radius 3 is 2.55 bits per heavy atom. The van der Waals surface area contributed by atoms with Crippen molar-refractivity contribution in [3.8, 4) is 11.5 Å². The van der Waals surface area contributed by atoms with E-state index in [1.165, 1.54) is 24.3 Å². The summed E-state index contributed by atoms with van der Waals surface area (Å²) in [6.07, 6.45) is 0. The molecule has 20 heavy (non-hydrogen) atoms. The van der Waals surface area contributed by atoms with Crippen LogP contribution < -0.4 is 10.1 Å². The lowest BCUT2D eigenvalue weighted by atomic mass is 10.2. The summed E-state index contributed by atoms with van der Waals surface area (Å²) in [5, 5.41) is 2.98. The van der Waals surface area contributed by atoms with E-state index in [1.807, 2.05) is 6.92 Å². The molecule has 5 heteroatoms. The van der Waals surface area contributed by atoms with Crippen LogP contribution in [-0.2, 0) is 6.54 Å². The molecule has 2 aromatic carbocycles. The van der Waals surface area contributed by atoms with E-state index in [1.54, 1.807) is 12.1 Å². The SMILES string of the molecule is CCNCc1c(F)cccc1Oc1cccc(Cl)c1F. The molecular formula is C15H14ClF2NO. The molecule has 0 atom stereocenters. The van der Waals surface area contributed by atoms with Gasteiger partial charge in [0.05, 0.1) is 5.02 Å². The monoisotopic (exact) mass is 297 g/mol. The summed E-state index contributed by atoms with van der Waals surface area (Å²) in [5.74, 6) is -0.813. The number of benzene rings is 2. The zero-order chi connectivity index (χ0) is 14.5. The Morgan fingerprint density at radius 1 is 1.10 bits per heavy atom. The molecule has 0 bridgehead atoms. The minimum atomic E-state index is -0.659. The first-order valence-corrected chi connectivity index (χ1v) is 6.61. The fourth-order valence-corrected chi connectivity index (χ4v) is 1.90. The van der Waals surface area contributed by atoms with Crippen molar-refractivity contribution in [1.82, 2.24) is 5.32 Å². The van der Waals surface area contributed by atoms with Crippen molar-refractivity contribution >= 4 is 11.6 Å². The molecule has 0 saturated heterocycles. The molecule has 0 aliphatic heterocycles. The van der Waals surface area contributed by atoms with E-state index in [2.05, 4.69) is 5.32 Å². The van der Waals surface area contributed by atoms with Crippen molar-refractivity contribution in [1.29, 1.82) is 0 Å². The number of rotatable bonds is 5. The highest BCUT2D eigenvalue weighted by atomic mass is 35.5. The van der Waals surface area contributed by atoms with Crippen molar-refractivity contribution in [2.45, 2.75) is 13.5 Å². The van der Waals surface area contributed by atoms with Gasteiger partial charge >= 0.3 is 0 Å². The highest BCUT2D eigenvalue weighted by Gasteiger charge is 2.13. The van der Waals surface area contributed by atoms with E-state index < -0.39 is 11.6 Å². The average Bonchev–Trinajstić information content (AvgIpc) is 2.43. The van der Waals surface area contributed by atoms with Gasteiger partial charge in [0.2, 0.25) is 0 Å². The van der Waals surface area contributed by atoms with E-state index >= 15 is 0 Å². The Hall–Kier alpha value is -1.65. The summed E-state index contributed by atoms with van der Waals surface area (Å²) in [5.41, 5.74) is 0.355. The fraction of sp³-hybridized carbons (Fsp3) is 0.200. The van der Waals surface area contributed by atoms with Crippen LogP contribution in [0.3, 0.4) is 0 Å². The summed E-state index contributed by atoms with van der Waals surface area (Å²) in [6.45, 7) is 2.91. The number of hydrogen-bond acceptors (Lipinski definition) is 2. The Labute approximate surface area is 121 Å². The van der Waals surface area contributed by atoms with Gasteiger partial charge in [-0.2, -0.15) is 0 Å². The van der Waals surface area contributed by atoms with Crippen LogP contribution in [0, 0.1) is 11.6 Å². The van der Waals surface area contributed by atoms with Crippen LogP contribution in [0.4, 0.5) is 8.78 Å². The quantitative estimate of drug-likeness (QED) is 0.876.